The lowest BCUT2D eigenvalue weighted by Crippen LogP contribution is -2.54. The number of amides is 1. The lowest BCUT2D eigenvalue weighted by atomic mass is 10.0. The average Bonchev–Trinajstić information content (AvgIpc) is 3.13. The number of pyridine rings is 1. The van der Waals surface area contributed by atoms with Crippen molar-refractivity contribution in [2.24, 2.45) is 7.05 Å². The maximum atomic E-state index is 12.4. The number of carbonyl (C=O) groups is 1. The minimum Gasteiger partial charge on any atom is -0.379 e. The summed E-state index contributed by atoms with van der Waals surface area (Å²) in [5, 5.41) is 3.64. The van der Waals surface area contributed by atoms with Crippen LogP contribution in [0.1, 0.15) is 12.8 Å². The Labute approximate surface area is 186 Å². The van der Waals surface area contributed by atoms with Crippen LogP contribution in [0, 0.1) is 0 Å². The van der Waals surface area contributed by atoms with Crippen LogP contribution in [-0.2, 0) is 11.8 Å². The van der Waals surface area contributed by atoms with Crippen LogP contribution in [0.3, 0.4) is 0 Å². The van der Waals surface area contributed by atoms with Crippen molar-refractivity contribution in [2.75, 3.05) is 31.1 Å². The second-order valence-electron chi connectivity index (χ2n) is 8.13. The zero-order chi connectivity index (χ0) is 21.5. The molecule has 5 rings (SSSR count). The molecule has 2 saturated heterocycles. The van der Waals surface area contributed by atoms with Gasteiger partial charge in [-0.05, 0) is 31.0 Å². The second-order valence-corrected chi connectivity index (χ2v) is 8.53. The molecule has 8 heteroatoms. The highest BCUT2D eigenvalue weighted by Gasteiger charge is 2.31. The number of piperazine rings is 1. The molecule has 2 aromatic heterocycles. The Hall–Kier alpha value is -3.06. The zero-order valence-corrected chi connectivity index (χ0v) is 18.3. The summed E-state index contributed by atoms with van der Waals surface area (Å²) in [6.45, 7) is 7.01. The molecule has 0 atom stereocenters. The van der Waals surface area contributed by atoms with Gasteiger partial charge in [-0.15, -0.1) is 0 Å². The van der Waals surface area contributed by atoms with Gasteiger partial charge in [0.25, 0.3) is 5.91 Å². The fourth-order valence-corrected chi connectivity index (χ4v) is 4.78. The van der Waals surface area contributed by atoms with Gasteiger partial charge in [0.2, 0.25) is 0 Å². The van der Waals surface area contributed by atoms with E-state index in [9.17, 15) is 4.79 Å². The van der Waals surface area contributed by atoms with Crippen LogP contribution >= 0.6 is 11.6 Å². The number of halogens is 1. The molecule has 160 valence electrons. The highest BCUT2D eigenvalue weighted by Crippen LogP contribution is 2.32. The van der Waals surface area contributed by atoms with Crippen LogP contribution in [0.5, 0.6) is 0 Å². The summed E-state index contributed by atoms with van der Waals surface area (Å²) < 4.78 is 2.06. The number of fused-ring (bicyclic) bond motifs is 1. The Morgan fingerprint density at radius 3 is 2.74 bits per heavy atom. The van der Waals surface area contributed by atoms with Crippen molar-refractivity contribution in [3.05, 3.63) is 53.8 Å². The Morgan fingerprint density at radius 2 is 1.97 bits per heavy atom. The minimum absolute atomic E-state index is 0.0263. The van der Waals surface area contributed by atoms with E-state index in [0.717, 1.165) is 67.3 Å². The maximum Gasteiger partial charge on any atom is 0.269 e. The first-order chi connectivity index (χ1) is 15.0. The molecule has 31 heavy (non-hydrogen) atoms. The van der Waals surface area contributed by atoms with Crippen LogP contribution < -0.4 is 10.2 Å². The highest BCUT2D eigenvalue weighted by atomic mass is 35.5. The minimum atomic E-state index is 0.0263. The van der Waals surface area contributed by atoms with Gasteiger partial charge in [-0.25, -0.2) is 9.97 Å². The van der Waals surface area contributed by atoms with Gasteiger partial charge in [0.05, 0.1) is 21.8 Å². The van der Waals surface area contributed by atoms with Crippen molar-refractivity contribution < 1.29 is 4.79 Å². The highest BCUT2D eigenvalue weighted by molar-refractivity contribution is 6.33. The molecule has 2 fully saturated rings. The molecular weight excluding hydrogens is 412 g/mol. The third kappa shape index (κ3) is 3.53. The number of hydrogen-bond donors (Lipinski definition) is 1. The van der Waals surface area contributed by atoms with Crippen LogP contribution in [0.25, 0.3) is 22.4 Å². The van der Waals surface area contributed by atoms with E-state index in [1.54, 1.807) is 6.20 Å². The van der Waals surface area contributed by atoms with Gasteiger partial charge in [0, 0.05) is 51.0 Å². The van der Waals surface area contributed by atoms with Gasteiger partial charge >= 0.3 is 0 Å². The molecule has 0 bridgehead atoms. The fraction of sp³-hybridized carbons (Fsp3) is 0.348. The van der Waals surface area contributed by atoms with Crippen molar-refractivity contribution in [3.8, 4) is 11.4 Å². The molecule has 7 nitrogen and oxygen atoms in total. The summed E-state index contributed by atoms with van der Waals surface area (Å²) in [6.07, 6.45) is 3.53. The lowest BCUT2D eigenvalue weighted by molar-refractivity contribution is -0.131. The molecule has 4 heterocycles. The van der Waals surface area contributed by atoms with Crippen molar-refractivity contribution in [3.63, 3.8) is 0 Å². The third-order valence-corrected chi connectivity index (χ3v) is 6.61. The number of piperidine rings is 1. The molecule has 0 saturated carbocycles. The first-order valence-electron chi connectivity index (χ1n) is 10.6. The number of aromatic nitrogens is 3. The molecule has 0 unspecified atom stereocenters. The Kier molecular flexibility index (Phi) is 5.06. The topological polar surface area (TPSA) is 66.3 Å². The quantitative estimate of drug-likeness (QED) is 0.639. The van der Waals surface area contributed by atoms with Crippen molar-refractivity contribution in [1.82, 2.24) is 24.8 Å². The van der Waals surface area contributed by atoms with E-state index in [4.69, 9.17) is 16.6 Å². The van der Waals surface area contributed by atoms with E-state index in [-0.39, 0.29) is 11.9 Å². The zero-order valence-electron chi connectivity index (χ0n) is 17.5. The van der Waals surface area contributed by atoms with E-state index in [1.165, 1.54) is 0 Å². The predicted octanol–water partition coefficient (Wildman–Crippen LogP) is 3.20. The molecule has 1 N–H and O–H groups in total. The summed E-state index contributed by atoms with van der Waals surface area (Å²) in [6, 6.07) is 10.3. The van der Waals surface area contributed by atoms with E-state index < -0.39 is 0 Å². The third-order valence-electron chi connectivity index (χ3n) is 6.31. The summed E-state index contributed by atoms with van der Waals surface area (Å²) in [5.41, 5.74) is 3.38. The van der Waals surface area contributed by atoms with Gasteiger partial charge in [0.1, 0.15) is 11.6 Å². The first kappa shape index (κ1) is 19.9. The van der Waals surface area contributed by atoms with Crippen molar-refractivity contribution in [1.29, 1.82) is 0 Å². The molecule has 0 aliphatic carbocycles. The van der Waals surface area contributed by atoms with Gasteiger partial charge < -0.3 is 19.7 Å². The number of nitrogens with zero attached hydrogens (tertiary/aromatic N) is 5. The molecular formula is C23H25ClN6O. The number of anilines is 1. The molecule has 3 aromatic rings. The van der Waals surface area contributed by atoms with Gasteiger partial charge in [0.15, 0.2) is 0 Å². The Morgan fingerprint density at radius 1 is 1.19 bits per heavy atom. The number of imidazole rings is 1. The predicted molar refractivity (Wildman–Crippen MR) is 123 cm³/mol. The number of rotatable bonds is 3. The molecule has 2 aliphatic heterocycles. The maximum absolute atomic E-state index is 12.4. The first-order valence-corrected chi connectivity index (χ1v) is 11.0. The van der Waals surface area contributed by atoms with Gasteiger partial charge in [-0.3, -0.25) is 4.79 Å². The van der Waals surface area contributed by atoms with E-state index in [2.05, 4.69) is 32.4 Å². The number of para-hydroxylation sites is 2. The monoisotopic (exact) mass is 436 g/mol. The van der Waals surface area contributed by atoms with Crippen LogP contribution in [-0.4, -0.2) is 57.6 Å². The van der Waals surface area contributed by atoms with E-state index >= 15 is 0 Å². The number of nitrogens with one attached hydrogen (secondary N) is 1. The molecule has 2 aliphatic rings. The normalized spacial score (nSPS) is 18.0. The summed E-state index contributed by atoms with van der Waals surface area (Å²) >= 11 is 6.53. The standard InChI is InChI=1S/C23H25ClN6O/c1-15-23(31)30(12-9-25-15)16-7-10-29(11-8-16)21-13-17(18(24)14-26-21)22-27-19-5-3-4-6-20(19)28(22)2/h3-6,13-14,16,25H,1,7-12H2,2H3. The molecule has 1 amide bonds. The number of hydrogen-bond acceptors (Lipinski definition) is 5. The molecule has 1 aromatic carbocycles. The van der Waals surface area contributed by atoms with Gasteiger partial charge in [-0.1, -0.05) is 30.3 Å². The van der Waals surface area contributed by atoms with E-state index in [1.807, 2.05) is 36.2 Å². The molecule has 0 spiro atoms. The fourth-order valence-electron chi connectivity index (χ4n) is 4.59. The van der Waals surface area contributed by atoms with Crippen LogP contribution in [0.4, 0.5) is 5.82 Å². The molecule has 0 radical (unpaired) electrons. The van der Waals surface area contributed by atoms with E-state index in [0.29, 0.717) is 10.7 Å². The Balaban J connectivity index is 1.37. The number of carbonyl (C=O) groups excluding carboxylic acids is 1. The summed E-state index contributed by atoms with van der Waals surface area (Å²) in [4.78, 5) is 26.0. The second kappa shape index (κ2) is 7.89. The summed E-state index contributed by atoms with van der Waals surface area (Å²) in [7, 11) is 2.00. The van der Waals surface area contributed by atoms with Crippen LogP contribution in [0.2, 0.25) is 5.02 Å². The number of benzene rings is 1. The average molecular weight is 437 g/mol. The Bertz CT molecular complexity index is 1160. The van der Waals surface area contributed by atoms with Crippen molar-refractivity contribution in [2.45, 2.75) is 18.9 Å². The largest absolute Gasteiger partial charge is 0.379 e. The SMILES string of the molecule is C=C1NCCN(C2CCN(c3cc(-c4nc5ccccc5n4C)c(Cl)cn3)CC2)C1=O. The van der Waals surface area contributed by atoms with Crippen LogP contribution in [0.15, 0.2) is 48.8 Å². The number of aryl methyl sites for hydroxylation is 1. The van der Waals surface area contributed by atoms with Gasteiger partial charge in [-0.2, -0.15) is 0 Å². The summed E-state index contributed by atoms with van der Waals surface area (Å²) in [5.74, 6) is 1.74. The van der Waals surface area contributed by atoms with Crippen molar-refractivity contribution >= 4 is 34.4 Å². The lowest BCUT2D eigenvalue weighted by Gasteiger charge is -2.41. The smallest absolute Gasteiger partial charge is 0.269 e.